The fraction of sp³-hybridized carbons (Fsp3) is 0.297. The van der Waals surface area contributed by atoms with E-state index >= 15 is 0 Å². The zero-order valence-electron chi connectivity index (χ0n) is 62.4. The molecule has 10 aromatic carbocycles. The number of anilines is 12. The second-order valence-corrected chi connectivity index (χ2v) is 26.0. The Morgan fingerprint density at radius 3 is 0.689 bits per heavy atom. The van der Waals surface area contributed by atoms with Gasteiger partial charge in [-0.25, -0.2) is 0 Å². The van der Waals surface area contributed by atoms with Gasteiger partial charge in [0.05, 0.1) is 0 Å². The van der Waals surface area contributed by atoms with Crippen molar-refractivity contribution in [1.29, 1.82) is 0 Å². The van der Waals surface area contributed by atoms with Gasteiger partial charge in [0.25, 0.3) is 0 Å². The highest BCUT2D eigenvalue weighted by Gasteiger charge is 2.28. The van der Waals surface area contributed by atoms with Crippen molar-refractivity contribution in [2.75, 3.05) is 118 Å². The van der Waals surface area contributed by atoms with E-state index in [1.807, 2.05) is 12.1 Å². The summed E-state index contributed by atoms with van der Waals surface area (Å²) in [5.41, 5.74) is 23.1. The lowest BCUT2D eigenvalue weighted by Crippen LogP contribution is -2.27. The zero-order chi connectivity index (χ0) is 72.5. The summed E-state index contributed by atoms with van der Waals surface area (Å²) in [5, 5.41) is 53.9. The van der Waals surface area contributed by atoms with E-state index in [4.69, 9.17) is 0 Å². The highest BCUT2D eigenvalue weighted by molar-refractivity contribution is 6.08. The molecule has 0 amide bonds. The van der Waals surface area contributed by atoms with Crippen LogP contribution in [0.4, 0.5) is 68.2 Å². The van der Waals surface area contributed by atoms with Crippen LogP contribution in [0.1, 0.15) is 113 Å². The summed E-state index contributed by atoms with van der Waals surface area (Å²) < 4.78 is 0. The Morgan fingerprint density at radius 1 is 0.262 bits per heavy atom. The molecule has 11 rings (SSSR count). The molecule has 0 heterocycles. The Labute approximate surface area is 614 Å². The molecular formula is C91H106N8O4-2. The Morgan fingerprint density at radius 2 is 0.466 bits per heavy atom. The molecule has 0 atom stereocenters. The SMILES string of the molecule is C.CCN(CC)c1cccc(C)c1-c1ccc(N(c2ccc(-c3c(N(CC)CC)cccc3N(CC)CC)cc2)c2ccc(C3=C([O-])C(c4ccc(N(c5ccc(-c6c(C)cccc6N(CC)CC)cc5)c5ccc(-c6c(N(CC)CC)cccc6N(CC)CC)cc5)cc4O)=C3[O-])c(O)c2)cc1. The van der Waals surface area contributed by atoms with Crippen molar-refractivity contribution in [1.82, 2.24) is 0 Å². The molecule has 0 saturated carbocycles. The number of hydrogen-bond donors (Lipinski definition) is 2. The van der Waals surface area contributed by atoms with Crippen LogP contribution in [-0.4, -0.2) is 88.8 Å². The first-order chi connectivity index (χ1) is 49.6. The number of hydrogen-bond acceptors (Lipinski definition) is 12. The molecule has 103 heavy (non-hydrogen) atoms. The maximum Gasteiger partial charge on any atom is 0.125 e. The first-order valence-electron chi connectivity index (χ1n) is 37.1. The van der Waals surface area contributed by atoms with Gasteiger partial charge in [-0.05, 0) is 251 Å². The number of aromatic hydroxyl groups is 2. The first-order valence-corrected chi connectivity index (χ1v) is 37.1. The third-order valence-corrected chi connectivity index (χ3v) is 20.7. The van der Waals surface area contributed by atoms with Crippen molar-refractivity contribution in [2.24, 2.45) is 0 Å². The Bertz CT molecular complexity index is 4230. The van der Waals surface area contributed by atoms with Gasteiger partial charge in [0.2, 0.25) is 0 Å². The Balaban J connectivity index is 0.0000114. The van der Waals surface area contributed by atoms with Crippen molar-refractivity contribution >= 4 is 79.4 Å². The number of nitrogens with zero attached hydrogens (tertiary/aromatic N) is 8. The Hall–Kier alpha value is -10.7. The highest BCUT2D eigenvalue weighted by Crippen LogP contribution is 2.51. The molecule has 10 aromatic rings. The van der Waals surface area contributed by atoms with E-state index in [1.54, 1.807) is 24.3 Å². The largest absolute Gasteiger partial charge is 0.872 e. The molecule has 12 heteroatoms. The second-order valence-electron chi connectivity index (χ2n) is 26.0. The third-order valence-electron chi connectivity index (χ3n) is 20.7. The normalized spacial score (nSPS) is 11.9. The van der Waals surface area contributed by atoms with Crippen LogP contribution in [0.2, 0.25) is 0 Å². The molecule has 0 unspecified atom stereocenters. The van der Waals surface area contributed by atoms with Crippen molar-refractivity contribution in [3.63, 3.8) is 0 Å². The summed E-state index contributed by atoms with van der Waals surface area (Å²) >= 11 is 0. The van der Waals surface area contributed by atoms with Gasteiger partial charge >= 0.3 is 0 Å². The summed E-state index contributed by atoms with van der Waals surface area (Å²) in [6.07, 6.45) is 0. The van der Waals surface area contributed by atoms with Gasteiger partial charge in [-0.15, -0.1) is 0 Å². The van der Waals surface area contributed by atoms with Crippen LogP contribution < -0.4 is 49.4 Å². The predicted octanol–water partition coefficient (Wildman–Crippen LogP) is 20.9. The molecular weight excluding hydrogens is 1270 g/mol. The van der Waals surface area contributed by atoms with E-state index in [9.17, 15) is 20.4 Å². The number of allylic oxidation sites excluding steroid dienone is 2. The van der Waals surface area contributed by atoms with E-state index in [-0.39, 0.29) is 41.2 Å². The number of phenols is 2. The van der Waals surface area contributed by atoms with Crippen molar-refractivity contribution < 1.29 is 20.4 Å². The number of rotatable bonds is 30. The van der Waals surface area contributed by atoms with Crippen LogP contribution in [-0.2, 0) is 0 Å². The number of benzene rings is 10. The summed E-state index contributed by atoms with van der Waals surface area (Å²) in [7, 11) is 0. The summed E-state index contributed by atoms with van der Waals surface area (Å²) in [6, 6.07) is 70.8. The van der Waals surface area contributed by atoms with Gasteiger partial charge in [-0.2, -0.15) is 0 Å². The Kier molecular flexibility index (Phi) is 24.3. The van der Waals surface area contributed by atoms with Gasteiger partial charge in [-0.3, -0.25) is 0 Å². The maximum atomic E-state index is 14.7. The van der Waals surface area contributed by atoms with Crippen LogP contribution >= 0.6 is 0 Å². The maximum absolute atomic E-state index is 14.7. The molecule has 536 valence electrons. The van der Waals surface area contributed by atoms with Gasteiger partial charge in [0.15, 0.2) is 0 Å². The fourth-order valence-corrected chi connectivity index (χ4v) is 15.3. The van der Waals surface area contributed by atoms with Crippen LogP contribution in [0.25, 0.3) is 55.7 Å². The predicted molar refractivity (Wildman–Crippen MR) is 439 cm³/mol. The van der Waals surface area contributed by atoms with Crippen LogP contribution in [0, 0.1) is 13.8 Å². The van der Waals surface area contributed by atoms with E-state index in [0.717, 1.165) is 124 Å². The minimum absolute atomic E-state index is 0. The smallest absolute Gasteiger partial charge is 0.125 e. The summed E-state index contributed by atoms with van der Waals surface area (Å²) in [6.45, 7) is 41.1. The average Bonchev–Trinajstić information content (AvgIpc) is 0.733. The van der Waals surface area contributed by atoms with Gasteiger partial charge in [0, 0.05) is 192 Å². The lowest BCUT2D eigenvalue weighted by atomic mass is 9.83. The van der Waals surface area contributed by atoms with Crippen LogP contribution in [0.15, 0.2) is 218 Å². The standard InChI is InChI=1S/C90H104N8O4.CH4/c1-15-91(16-2)75-33-27-31-61(13)83(75)63-39-47-67(48-40-63)97(69-51-43-65(44-52-69)85-77(93(19-5)20-6)35-29-36-78(85)94(21-7)22-8)71-55-57-73(81(99)59-71)87-89(101)88(90(87)102)74-58-56-72(60-82(74)100)98(68-49-41-64(42-50-68)84-62(14)32-28-34-76(84)92(17-3)18-4)70-53-45-66(46-54-70)86-79(95(23-9)24-10)37-30-38-80(86)96(25-11)26-12;/h27-60,99-102H,15-26H2,1-14H3;1H4/p-2. The van der Waals surface area contributed by atoms with E-state index < -0.39 is 11.5 Å². The number of aryl methyl sites for hydroxylation is 2. The molecule has 1 aliphatic rings. The van der Waals surface area contributed by atoms with Crippen molar-refractivity contribution in [3.8, 4) is 56.0 Å². The van der Waals surface area contributed by atoms with Gasteiger partial charge in [0.1, 0.15) is 11.5 Å². The number of phenolic OH excluding ortho intramolecular Hbond substituents is 2. The molecule has 0 bridgehead atoms. The molecule has 0 fully saturated rings. The topological polar surface area (TPSA) is 113 Å². The molecule has 2 N–H and O–H groups in total. The van der Waals surface area contributed by atoms with E-state index in [1.165, 1.54) is 67.5 Å². The van der Waals surface area contributed by atoms with Crippen molar-refractivity contribution in [2.45, 2.75) is 104 Å². The molecule has 0 aromatic heterocycles. The quantitative estimate of drug-likeness (QED) is 0.0447. The monoisotopic (exact) mass is 1370 g/mol. The highest BCUT2D eigenvalue weighted by atomic mass is 16.3. The van der Waals surface area contributed by atoms with Crippen LogP contribution in [0.5, 0.6) is 11.5 Å². The molecule has 0 spiro atoms. The third kappa shape index (κ3) is 14.6. The van der Waals surface area contributed by atoms with Gasteiger partial charge in [-0.1, -0.05) is 104 Å². The molecule has 0 aliphatic heterocycles. The minimum atomic E-state index is -0.555. The molecule has 1 aliphatic carbocycles. The zero-order valence-corrected chi connectivity index (χ0v) is 62.4. The first kappa shape index (κ1) is 75.0. The summed E-state index contributed by atoms with van der Waals surface area (Å²) in [4.78, 5) is 18.6. The van der Waals surface area contributed by atoms with Crippen LogP contribution in [0.3, 0.4) is 0 Å². The van der Waals surface area contributed by atoms with Crippen molar-refractivity contribution in [3.05, 3.63) is 240 Å². The van der Waals surface area contributed by atoms with E-state index in [0.29, 0.717) is 11.4 Å². The fourth-order valence-electron chi connectivity index (χ4n) is 15.3. The average molecular weight is 1380 g/mol. The lowest BCUT2D eigenvalue weighted by Gasteiger charge is -2.40. The molecule has 0 saturated heterocycles. The molecule has 0 radical (unpaired) electrons. The second kappa shape index (κ2) is 33.4. The lowest BCUT2D eigenvalue weighted by molar-refractivity contribution is -0.316. The minimum Gasteiger partial charge on any atom is -0.872 e. The summed E-state index contributed by atoms with van der Waals surface area (Å²) in [5.74, 6) is -1.55. The van der Waals surface area contributed by atoms with E-state index in [2.05, 4.69) is 306 Å². The van der Waals surface area contributed by atoms with Gasteiger partial charge < -0.3 is 59.6 Å². The molecule has 12 nitrogen and oxygen atoms in total.